The van der Waals surface area contributed by atoms with Crippen molar-refractivity contribution in [1.29, 1.82) is 5.26 Å². The zero-order chi connectivity index (χ0) is 14.5. The van der Waals surface area contributed by atoms with Crippen LogP contribution in [-0.2, 0) is 0 Å². The Morgan fingerprint density at radius 2 is 2.40 bits per heavy atom. The Morgan fingerprint density at radius 3 is 3.05 bits per heavy atom. The number of aromatic nitrogens is 1. The lowest BCUT2D eigenvalue weighted by Crippen LogP contribution is -2.41. The first kappa shape index (κ1) is 14.2. The smallest absolute Gasteiger partial charge is 0.312 e. The van der Waals surface area contributed by atoms with Gasteiger partial charge in [0.2, 0.25) is 5.82 Å². The van der Waals surface area contributed by atoms with Crippen molar-refractivity contribution in [3.63, 3.8) is 0 Å². The molecule has 0 aliphatic carbocycles. The number of nitro groups is 1. The van der Waals surface area contributed by atoms with Gasteiger partial charge in [-0.3, -0.25) is 10.1 Å². The quantitative estimate of drug-likeness (QED) is 0.661. The first-order valence-corrected chi connectivity index (χ1v) is 6.59. The van der Waals surface area contributed by atoms with E-state index in [1.165, 1.54) is 12.3 Å². The number of piperidine rings is 1. The van der Waals surface area contributed by atoms with Crippen LogP contribution in [0.3, 0.4) is 0 Å². The molecule has 1 aliphatic rings. The maximum Gasteiger partial charge on any atom is 0.312 e. The molecule has 7 nitrogen and oxygen atoms in total. The molecule has 0 amide bonds. The summed E-state index contributed by atoms with van der Waals surface area (Å²) in [6.07, 6.45) is 4.80. The highest BCUT2D eigenvalue weighted by Crippen LogP contribution is 2.32. The van der Waals surface area contributed by atoms with E-state index in [0.29, 0.717) is 18.8 Å². The third-order valence-corrected chi connectivity index (χ3v) is 3.53. The van der Waals surface area contributed by atoms with E-state index in [1.807, 2.05) is 11.0 Å². The summed E-state index contributed by atoms with van der Waals surface area (Å²) in [5.41, 5.74) is 0.0325. The van der Waals surface area contributed by atoms with Crippen molar-refractivity contribution in [2.75, 3.05) is 18.1 Å². The third kappa shape index (κ3) is 2.86. The van der Waals surface area contributed by atoms with E-state index in [-0.39, 0.29) is 23.9 Å². The monoisotopic (exact) mass is 276 g/mol. The topological polar surface area (TPSA) is 103 Å². The highest BCUT2D eigenvalue weighted by Gasteiger charge is 2.29. The number of nitriles is 1. The van der Waals surface area contributed by atoms with Crippen LogP contribution in [0.15, 0.2) is 12.3 Å². The van der Waals surface area contributed by atoms with Gasteiger partial charge in [0.25, 0.3) is 0 Å². The molecule has 1 atom stereocenters. The van der Waals surface area contributed by atoms with E-state index in [2.05, 4.69) is 4.98 Å². The fourth-order valence-corrected chi connectivity index (χ4v) is 2.59. The minimum Gasteiger partial charge on any atom is -0.396 e. The number of rotatable bonds is 4. The molecule has 1 N–H and O–H groups in total. The first-order chi connectivity index (χ1) is 9.67. The Hall–Kier alpha value is -2.20. The summed E-state index contributed by atoms with van der Waals surface area (Å²) in [6, 6.07) is 3.18. The molecule has 0 radical (unpaired) electrons. The largest absolute Gasteiger partial charge is 0.396 e. The Balaban J connectivity index is 2.39. The lowest BCUT2D eigenvalue weighted by Gasteiger charge is -2.36. The zero-order valence-corrected chi connectivity index (χ0v) is 11.0. The van der Waals surface area contributed by atoms with Crippen LogP contribution in [0.2, 0.25) is 0 Å². The zero-order valence-electron chi connectivity index (χ0n) is 11.0. The van der Waals surface area contributed by atoms with Gasteiger partial charge in [-0.1, -0.05) is 0 Å². The van der Waals surface area contributed by atoms with Gasteiger partial charge < -0.3 is 10.0 Å². The summed E-state index contributed by atoms with van der Waals surface area (Å²) < 4.78 is 0. The Kier molecular flexibility index (Phi) is 4.48. The number of nitrogens with zero attached hydrogens (tertiary/aromatic N) is 4. The molecule has 0 spiro atoms. The number of pyridine rings is 1. The molecule has 2 heterocycles. The van der Waals surface area contributed by atoms with Crippen molar-refractivity contribution >= 4 is 11.5 Å². The molecule has 1 unspecified atom stereocenters. The lowest BCUT2D eigenvalue weighted by atomic mass is 9.99. The van der Waals surface area contributed by atoms with Crippen LogP contribution in [0, 0.1) is 21.4 Å². The van der Waals surface area contributed by atoms with Crippen molar-refractivity contribution < 1.29 is 10.0 Å². The molecule has 0 bridgehead atoms. The van der Waals surface area contributed by atoms with Crippen LogP contribution in [0.5, 0.6) is 0 Å². The van der Waals surface area contributed by atoms with Gasteiger partial charge in [-0.05, 0) is 25.7 Å². The van der Waals surface area contributed by atoms with E-state index in [9.17, 15) is 10.1 Å². The molecule has 106 valence electrons. The second kappa shape index (κ2) is 6.30. The van der Waals surface area contributed by atoms with E-state index < -0.39 is 4.92 Å². The van der Waals surface area contributed by atoms with Crippen LogP contribution in [-0.4, -0.2) is 34.2 Å². The van der Waals surface area contributed by atoms with E-state index in [1.54, 1.807) is 0 Å². The highest BCUT2D eigenvalue weighted by molar-refractivity contribution is 5.60. The third-order valence-electron chi connectivity index (χ3n) is 3.53. The summed E-state index contributed by atoms with van der Waals surface area (Å²) >= 11 is 0. The van der Waals surface area contributed by atoms with Crippen LogP contribution in [0.1, 0.15) is 31.2 Å². The minimum absolute atomic E-state index is 0.0469. The summed E-state index contributed by atoms with van der Waals surface area (Å²) in [5.74, 6) is 0.298. The molecule has 1 aromatic heterocycles. The fourth-order valence-electron chi connectivity index (χ4n) is 2.59. The van der Waals surface area contributed by atoms with E-state index >= 15 is 0 Å². The second-order valence-corrected chi connectivity index (χ2v) is 4.79. The summed E-state index contributed by atoms with van der Waals surface area (Å²) in [6.45, 7) is 0.732. The maximum absolute atomic E-state index is 11.2. The maximum atomic E-state index is 11.2. The van der Waals surface area contributed by atoms with Gasteiger partial charge in [0.15, 0.2) is 0 Å². The van der Waals surface area contributed by atoms with E-state index in [4.69, 9.17) is 10.4 Å². The highest BCUT2D eigenvalue weighted by atomic mass is 16.6. The van der Waals surface area contributed by atoms with E-state index in [0.717, 1.165) is 19.3 Å². The van der Waals surface area contributed by atoms with Gasteiger partial charge in [-0.25, -0.2) is 4.98 Å². The lowest BCUT2D eigenvalue weighted by molar-refractivity contribution is -0.384. The molecule has 2 rings (SSSR count). The van der Waals surface area contributed by atoms with Crippen molar-refractivity contribution in [3.05, 3.63) is 27.9 Å². The van der Waals surface area contributed by atoms with Gasteiger partial charge in [0, 0.05) is 31.5 Å². The number of hydrogen-bond acceptors (Lipinski definition) is 6. The van der Waals surface area contributed by atoms with Crippen LogP contribution in [0.4, 0.5) is 11.5 Å². The number of hydrogen-bond donors (Lipinski definition) is 1. The van der Waals surface area contributed by atoms with Gasteiger partial charge in [0.05, 0.1) is 10.5 Å². The molecular formula is C13H16N4O3. The van der Waals surface area contributed by atoms with Gasteiger partial charge >= 0.3 is 5.69 Å². The minimum atomic E-state index is -0.506. The number of aliphatic hydroxyl groups excluding tert-OH is 1. The molecular weight excluding hydrogens is 260 g/mol. The van der Waals surface area contributed by atoms with Crippen molar-refractivity contribution in [2.45, 2.75) is 31.7 Å². The van der Waals surface area contributed by atoms with Gasteiger partial charge in [0.1, 0.15) is 6.07 Å². The SMILES string of the molecule is N#Cc1cnc(N2CCCCC2CCO)c([N+](=O)[O-])c1. The molecule has 20 heavy (non-hydrogen) atoms. The fraction of sp³-hybridized carbons (Fsp3) is 0.538. The predicted octanol–water partition coefficient (Wildman–Crippen LogP) is 1.60. The average Bonchev–Trinajstić information content (AvgIpc) is 2.47. The van der Waals surface area contributed by atoms with Crippen molar-refractivity contribution in [1.82, 2.24) is 4.98 Å². The molecule has 1 aromatic rings. The molecule has 0 saturated carbocycles. The first-order valence-electron chi connectivity index (χ1n) is 6.59. The predicted molar refractivity (Wildman–Crippen MR) is 72.3 cm³/mol. The summed E-state index contributed by atoms with van der Waals surface area (Å²) in [7, 11) is 0. The Bertz CT molecular complexity index is 539. The molecule has 0 aromatic carbocycles. The normalized spacial score (nSPS) is 18.6. The van der Waals surface area contributed by atoms with Gasteiger partial charge in [-0.2, -0.15) is 5.26 Å². The van der Waals surface area contributed by atoms with Gasteiger partial charge in [-0.15, -0.1) is 0 Å². The standard InChI is InChI=1S/C13H16N4O3/c14-8-10-7-12(17(19)20)13(15-9-10)16-5-2-1-3-11(16)4-6-18/h7,9,11,18H,1-6H2. The van der Waals surface area contributed by atoms with Crippen LogP contribution >= 0.6 is 0 Å². The molecule has 1 aliphatic heterocycles. The van der Waals surface area contributed by atoms with Crippen LogP contribution < -0.4 is 4.90 Å². The summed E-state index contributed by atoms with van der Waals surface area (Å²) in [4.78, 5) is 16.7. The Labute approximate surface area is 116 Å². The molecule has 7 heteroatoms. The molecule has 1 saturated heterocycles. The average molecular weight is 276 g/mol. The second-order valence-electron chi connectivity index (χ2n) is 4.79. The molecule has 1 fully saturated rings. The van der Waals surface area contributed by atoms with Crippen molar-refractivity contribution in [2.24, 2.45) is 0 Å². The van der Waals surface area contributed by atoms with Crippen molar-refractivity contribution in [3.8, 4) is 6.07 Å². The van der Waals surface area contributed by atoms with Crippen LogP contribution in [0.25, 0.3) is 0 Å². The number of anilines is 1. The Morgan fingerprint density at radius 1 is 1.60 bits per heavy atom. The summed E-state index contributed by atoms with van der Waals surface area (Å²) in [5, 5.41) is 29.1. The number of aliphatic hydroxyl groups is 1.